The van der Waals surface area contributed by atoms with Crippen molar-refractivity contribution in [2.24, 2.45) is 0 Å². The molecule has 8 nitrogen and oxygen atoms in total. The maximum absolute atomic E-state index is 13.1. The number of aliphatic hydroxyl groups is 1. The predicted octanol–water partition coefficient (Wildman–Crippen LogP) is 3.25. The topological polar surface area (TPSA) is 92.2 Å². The Bertz CT molecular complexity index is 1020. The number of carbonyl (C=O) groups excluding carboxylic acids is 2. The maximum atomic E-state index is 13.1. The summed E-state index contributed by atoms with van der Waals surface area (Å²) in [6.45, 7) is 5.66. The first-order chi connectivity index (χ1) is 15.9. The predicted molar refractivity (Wildman–Crippen MR) is 125 cm³/mol. The van der Waals surface area contributed by atoms with Crippen LogP contribution in [0.4, 0.5) is 0 Å². The number of aliphatic hydroxyl groups excluding tert-OH is 1. The first-order valence-electron chi connectivity index (χ1n) is 11.1. The first kappa shape index (κ1) is 24.3. The lowest BCUT2D eigenvalue weighted by molar-refractivity contribution is -0.140. The minimum Gasteiger partial charge on any atom is -0.507 e. The summed E-state index contributed by atoms with van der Waals surface area (Å²) in [5, 5.41) is 11.3. The van der Waals surface area contributed by atoms with E-state index in [4.69, 9.17) is 9.47 Å². The zero-order valence-electron chi connectivity index (χ0n) is 19.6. The number of pyridine rings is 1. The quantitative estimate of drug-likeness (QED) is 0.335. The highest BCUT2D eigenvalue weighted by atomic mass is 16.5. The van der Waals surface area contributed by atoms with Gasteiger partial charge in [-0.2, -0.15) is 0 Å². The molecule has 0 radical (unpaired) electrons. The molecule has 0 bridgehead atoms. The van der Waals surface area contributed by atoms with Gasteiger partial charge in [-0.15, -0.1) is 0 Å². The van der Waals surface area contributed by atoms with Gasteiger partial charge in [0.2, 0.25) is 0 Å². The van der Waals surface area contributed by atoms with Crippen LogP contribution >= 0.6 is 0 Å². The zero-order chi connectivity index (χ0) is 24.0. The number of rotatable bonds is 10. The Kier molecular flexibility index (Phi) is 8.06. The second-order valence-electron chi connectivity index (χ2n) is 7.93. The summed E-state index contributed by atoms with van der Waals surface area (Å²) in [5.74, 6) is -0.702. The number of aromatic nitrogens is 1. The fourth-order valence-corrected chi connectivity index (χ4v) is 3.89. The van der Waals surface area contributed by atoms with Crippen molar-refractivity contribution in [3.05, 3.63) is 59.4 Å². The van der Waals surface area contributed by atoms with Gasteiger partial charge < -0.3 is 24.4 Å². The molecule has 1 aliphatic rings. The third-order valence-corrected chi connectivity index (χ3v) is 5.33. The molecule has 1 aromatic carbocycles. The number of Topliss-reactive ketones (excluding diaryl/α,β-unsaturated/α-hetero) is 1. The molecule has 33 heavy (non-hydrogen) atoms. The van der Waals surface area contributed by atoms with Crippen LogP contribution < -0.4 is 9.47 Å². The molecule has 0 spiro atoms. The SMILES string of the molecule is CCOc1ccc(/C(O)=C2/C(=O)C(=O)N(CCCN(C)C)C2c2ccccn2)c(OCC)c1. The van der Waals surface area contributed by atoms with E-state index in [1.165, 1.54) is 4.90 Å². The van der Waals surface area contributed by atoms with Crippen molar-refractivity contribution < 1.29 is 24.2 Å². The normalized spacial score (nSPS) is 17.6. The van der Waals surface area contributed by atoms with Crippen molar-refractivity contribution in [1.82, 2.24) is 14.8 Å². The van der Waals surface area contributed by atoms with Crippen LogP contribution in [0.1, 0.15) is 37.6 Å². The van der Waals surface area contributed by atoms with Gasteiger partial charge >= 0.3 is 0 Å². The van der Waals surface area contributed by atoms with Gasteiger partial charge in [-0.05, 0) is 65.2 Å². The van der Waals surface area contributed by atoms with Gasteiger partial charge in [-0.1, -0.05) is 6.07 Å². The van der Waals surface area contributed by atoms with Crippen LogP contribution in [0.3, 0.4) is 0 Å². The number of ether oxygens (including phenoxy) is 2. The van der Waals surface area contributed by atoms with E-state index in [-0.39, 0.29) is 11.3 Å². The van der Waals surface area contributed by atoms with E-state index < -0.39 is 17.7 Å². The number of hydrogen-bond acceptors (Lipinski definition) is 7. The van der Waals surface area contributed by atoms with Crippen molar-refractivity contribution in [2.75, 3.05) is 40.4 Å². The summed E-state index contributed by atoms with van der Waals surface area (Å²) in [6.07, 6.45) is 2.29. The highest BCUT2D eigenvalue weighted by molar-refractivity contribution is 6.46. The smallest absolute Gasteiger partial charge is 0.295 e. The molecule has 1 aromatic heterocycles. The highest BCUT2D eigenvalue weighted by Crippen LogP contribution is 2.41. The third-order valence-electron chi connectivity index (χ3n) is 5.33. The number of ketones is 1. The van der Waals surface area contributed by atoms with E-state index in [9.17, 15) is 14.7 Å². The van der Waals surface area contributed by atoms with Crippen molar-refractivity contribution in [3.8, 4) is 11.5 Å². The Morgan fingerprint density at radius 3 is 2.52 bits per heavy atom. The monoisotopic (exact) mass is 453 g/mol. The van der Waals surface area contributed by atoms with E-state index in [0.29, 0.717) is 48.9 Å². The van der Waals surface area contributed by atoms with Gasteiger partial charge in [0, 0.05) is 18.8 Å². The van der Waals surface area contributed by atoms with Gasteiger partial charge in [0.15, 0.2) is 0 Å². The van der Waals surface area contributed by atoms with Gasteiger partial charge in [-0.3, -0.25) is 14.6 Å². The van der Waals surface area contributed by atoms with E-state index in [0.717, 1.165) is 6.54 Å². The molecular formula is C25H31N3O5. The average Bonchev–Trinajstić information content (AvgIpc) is 3.05. The standard InChI is InChI=1S/C25H31N3O5/c1-5-32-17-11-12-18(20(16-17)33-6-2)23(29)21-22(19-10-7-8-13-26-19)28(25(31)24(21)30)15-9-14-27(3)4/h7-8,10-13,16,22,29H,5-6,9,14-15H2,1-4H3/b23-21-. The summed E-state index contributed by atoms with van der Waals surface area (Å²) in [7, 11) is 3.90. The van der Waals surface area contributed by atoms with E-state index in [1.807, 2.05) is 32.8 Å². The third kappa shape index (κ3) is 5.34. The van der Waals surface area contributed by atoms with Crippen molar-refractivity contribution in [1.29, 1.82) is 0 Å². The molecule has 0 saturated carbocycles. The van der Waals surface area contributed by atoms with Crippen molar-refractivity contribution in [2.45, 2.75) is 26.3 Å². The van der Waals surface area contributed by atoms with Crippen LogP contribution in [0.15, 0.2) is 48.2 Å². The Balaban J connectivity index is 2.11. The molecule has 1 atom stereocenters. The summed E-state index contributed by atoms with van der Waals surface area (Å²) in [4.78, 5) is 34.0. The summed E-state index contributed by atoms with van der Waals surface area (Å²) in [5.41, 5.74) is 0.855. The van der Waals surface area contributed by atoms with Crippen LogP contribution in [0.25, 0.3) is 5.76 Å². The number of likely N-dealkylation sites (tertiary alicyclic amines) is 1. The van der Waals surface area contributed by atoms with Crippen LogP contribution in [-0.4, -0.2) is 72.0 Å². The summed E-state index contributed by atoms with van der Waals surface area (Å²) >= 11 is 0. The molecule has 1 saturated heterocycles. The maximum Gasteiger partial charge on any atom is 0.295 e. The van der Waals surface area contributed by atoms with E-state index in [2.05, 4.69) is 4.98 Å². The van der Waals surface area contributed by atoms with Gasteiger partial charge in [0.05, 0.1) is 30.0 Å². The number of benzene rings is 1. The second-order valence-corrected chi connectivity index (χ2v) is 7.93. The number of carbonyl (C=O) groups is 2. The first-order valence-corrected chi connectivity index (χ1v) is 11.1. The molecule has 1 amide bonds. The Morgan fingerprint density at radius 1 is 1.12 bits per heavy atom. The lowest BCUT2D eigenvalue weighted by Crippen LogP contribution is -2.32. The molecule has 1 fully saturated rings. The van der Waals surface area contributed by atoms with Crippen molar-refractivity contribution in [3.63, 3.8) is 0 Å². The Morgan fingerprint density at radius 2 is 1.88 bits per heavy atom. The minimum absolute atomic E-state index is 0.00802. The molecule has 176 valence electrons. The number of hydrogen-bond donors (Lipinski definition) is 1. The van der Waals surface area contributed by atoms with E-state index in [1.54, 1.807) is 42.6 Å². The van der Waals surface area contributed by atoms with Crippen LogP contribution in [0, 0.1) is 0 Å². The number of amides is 1. The summed E-state index contributed by atoms with van der Waals surface area (Å²) < 4.78 is 11.3. The Labute approximate surface area is 194 Å². The average molecular weight is 454 g/mol. The van der Waals surface area contributed by atoms with Crippen LogP contribution in [0.2, 0.25) is 0 Å². The van der Waals surface area contributed by atoms with Crippen LogP contribution in [-0.2, 0) is 9.59 Å². The highest BCUT2D eigenvalue weighted by Gasteiger charge is 2.46. The largest absolute Gasteiger partial charge is 0.507 e. The Hall–Kier alpha value is -3.39. The molecule has 0 aliphatic carbocycles. The van der Waals surface area contributed by atoms with Gasteiger partial charge in [-0.25, -0.2) is 0 Å². The fraction of sp³-hybridized carbons (Fsp3) is 0.400. The molecule has 3 rings (SSSR count). The lowest BCUT2D eigenvalue weighted by Gasteiger charge is -2.25. The van der Waals surface area contributed by atoms with Crippen molar-refractivity contribution >= 4 is 17.4 Å². The number of nitrogens with zero attached hydrogens (tertiary/aromatic N) is 3. The summed E-state index contributed by atoms with van der Waals surface area (Å²) in [6, 6.07) is 9.54. The minimum atomic E-state index is -0.783. The second kappa shape index (κ2) is 11.0. The molecule has 1 N–H and O–H groups in total. The van der Waals surface area contributed by atoms with Gasteiger partial charge in [0.25, 0.3) is 11.7 Å². The molecular weight excluding hydrogens is 422 g/mol. The molecule has 8 heteroatoms. The van der Waals surface area contributed by atoms with Crippen LogP contribution in [0.5, 0.6) is 11.5 Å². The zero-order valence-corrected chi connectivity index (χ0v) is 19.6. The fourth-order valence-electron chi connectivity index (χ4n) is 3.89. The molecule has 1 unspecified atom stereocenters. The molecule has 2 heterocycles. The van der Waals surface area contributed by atoms with Gasteiger partial charge in [0.1, 0.15) is 23.3 Å². The van der Waals surface area contributed by atoms with E-state index >= 15 is 0 Å². The lowest BCUT2D eigenvalue weighted by atomic mass is 9.97. The molecule has 1 aliphatic heterocycles. The molecule has 2 aromatic rings.